The first-order valence-corrected chi connectivity index (χ1v) is 6.40. The van der Waals surface area contributed by atoms with E-state index in [0.29, 0.717) is 6.04 Å². The predicted octanol–water partition coefficient (Wildman–Crippen LogP) is 2.09. The van der Waals surface area contributed by atoms with Crippen molar-refractivity contribution in [3.05, 3.63) is 35.4 Å². The van der Waals surface area contributed by atoms with E-state index < -0.39 is 0 Å². The summed E-state index contributed by atoms with van der Waals surface area (Å²) in [5.41, 5.74) is 2.85. The Morgan fingerprint density at radius 3 is 2.62 bits per heavy atom. The zero-order valence-electron chi connectivity index (χ0n) is 10.1. The van der Waals surface area contributed by atoms with Crippen molar-refractivity contribution in [1.82, 2.24) is 10.6 Å². The summed E-state index contributed by atoms with van der Waals surface area (Å²) in [5, 5.41) is 6.96. The van der Waals surface area contributed by atoms with Gasteiger partial charge in [-0.15, -0.1) is 0 Å². The Balaban J connectivity index is 1.80. The van der Waals surface area contributed by atoms with E-state index in [4.69, 9.17) is 0 Å². The molecule has 1 aliphatic rings. The second-order valence-corrected chi connectivity index (χ2v) is 4.64. The van der Waals surface area contributed by atoms with Gasteiger partial charge in [-0.1, -0.05) is 37.6 Å². The van der Waals surface area contributed by atoms with Crippen LogP contribution in [0.1, 0.15) is 30.9 Å². The predicted molar refractivity (Wildman–Crippen MR) is 68.6 cm³/mol. The second kappa shape index (κ2) is 6.02. The van der Waals surface area contributed by atoms with E-state index >= 15 is 0 Å². The Kier molecular flexibility index (Phi) is 4.37. The molecule has 2 rings (SSSR count). The topological polar surface area (TPSA) is 24.1 Å². The molecule has 1 fully saturated rings. The van der Waals surface area contributed by atoms with Gasteiger partial charge in [0.05, 0.1) is 0 Å². The lowest BCUT2D eigenvalue weighted by atomic mass is 10.1. The Hall–Kier alpha value is -0.860. The maximum Gasteiger partial charge on any atom is 0.0208 e. The average molecular weight is 218 g/mol. The molecule has 1 heterocycles. The fourth-order valence-electron chi connectivity index (χ4n) is 2.20. The van der Waals surface area contributed by atoms with Gasteiger partial charge in [-0.3, -0.25) is 0 Å². The highest BCUT2D eigenvalue weighted by molar-refractivity contribution is 5.22. The summed E-state index contributed by atoms with van der Waals surface area (Å²) in [5.74, 6) is 0. The van der Waals surface area contributed by atoms with Gasteiger partial charge in [0.15, 0.2) is 0 Å². The molecule has 1 saturated heterocycles. The third-order valence-corrected chi connectivity index (χ3v) is 3.22. The first kappa shape index (κ1) is 11.6. The first-order valence-electron chi connectivity index (χ1n) is 6.40. The summed E-state index contributed by atoms with van der Waals surface area (Å²) in [4.78, 5) is 0. The van der Waals surface area contributed by atoms with Crippen molar-refractivity contribution in [2.75, 3.05) is 13.1 Å². The van der Waals surface area contributed by atoms with Crippen molar-refractivity contribution < 1.29 is 0 Å². The van der Waals surface area contributed by atoms with Crippen LogP contribution >= 0.6 is 0 Å². The number of benzene rings is 1. The molecule has 0 spiro atoms. The lowest BCUT2D eigenvalue weighted by Crippen LogP contribution is -2.30. The minimum absolute atomic E-state index is 0.662. The summed E-state index contributed by atoms with van der Waals surface area (Å²) in [6.07, 6.45) is 3.68. The molecule has 0 saturated carbocycles. The molecule has 16 heavy (non-hydrogen) atoms. The molecule has 1 unspecified atom stereocenters. The zero-order valence-corrected chi connectivity index (χ0v) is 10.1. The summed E-state index contributed by atoms with van der Waals surface area (Å²) >= 11 is 0. The van der Waals surface area contributed by atoms with Crippen LogP contribution in [0, 0.1) is 0 Å². The van der Waals surface area contributed by atoms with Crippen LogP contribution in [0.4, 0.5) is 0 Å². The molecule has 1 aromatic carbocycles. The quantitative estimate of drug-likeness (QED) is 0.791. The van der Waals surface area contributed by atoms with Crippen molar-refractivity contribution in [1.29, 1.82) is 0 Å². The minimum atomic E-state index is 0.662. The third kappa shape index (κ3) is 3.32. The molecule has 0 aliphatic carbocycles. The van der Waals surface area contributed by atoms with E-state index in [0.717, 1.165) is 19.6 Å². The van der Waals surface area contributed by atoms with Crippen LogP contribution in [0.5, 0.6) is 0 Å². The molecule has 2 N–H and O–H groups in total. The third-order valence-electron chi connectivity index (χ3n) is 3.22. The normalized spacial score (nSPS) is 20.2. The molecule has 2 heteroatoms. The Bertz CT molecular complexity index is 299. The fourth-order valence-corrected chi connectivity index (χ4v) is 2.20. The lowest BCUT2D eigenvalue weighted by Gasteiger charge is -2.11. The van der Waals surface area contributed by atoms with Gasteiger partial charge in [-0.25, -0.2) is 0 Å². The molecule has 0 aromatic heterocycles. The van der Waals surface area contributed by atoms with E-state index in [2.05, 4.69) is 41.8 Å². The van der Waals surface area contributed by atoms with Gasteiger partial charge < -0.3 is 10.6 Å². The van der Waals surface area contributed by atoms with Gasteiger partial charge >= 0.3 is 0 Å². The van der Waals surface area contributed by atoms with E-state index in [1.807, 2.05) is 0 Å². The summed E-state index contributed by atoms with van der Waals surface area (Å²) < 4.78 is 0. The van der Waals surface area contributed by atoms with Crippen LogP contribution in [0.15, 0.2) is 24.3 Å². The first-order chi connectivity index (χ1) is 7.88. The van der Waals surface area contributed by atoms with Crippen LogP contribution in [0.25, 0.3) is 0 Å². The van der Waals surface area contributed by atoms with Gasteiger partial charge in [0.2, 0.25) is 0 Å². The average Bonchev–Trinajstić information content (AvgIpc) is 2.82. The molecular formula is C14H22N2. The molecular weight excluding hydrogens is 196 g/mol. The molecule has 0 amide bonds. The molecule has 1 aliphatic heterocycles. The monoisotopic (exact) mass is 218 g/mol. The SMILES string of the molecule is CCCc1ccc(CNC2CCNC2)cc1. The molecule has 2 nitrogen and oxygen atoms in total. The van der Waals surface area contributed by atoms with E-state index in [9.17, 15) is 0 Å². The highest BCUT2D eigenvalue weighted by Gasteiger charge is 2.12. The summed E-state index contributed by atoms with van der Waals surface area (Å²) in [6, 6.07) is 9.68. The van der Waals surface area contributed by atoms with Gasteiger partial charge in [0.25, 0.3) is 0 Å². The second-order valence-electron chi connectivity index (χ2n) is 4.64. The lowest BCUT2D eigenvalue weighted by molar-refractivity contribution is 0.547. The standard InChI is InChI=1S/C14H22N2/c1-2-3-12-4-6-13(7-5-12)10-16-14-8-9-15-11-14/h4-7,14-16H,2-3,8-11H2,1H3. The van der Waals surface area contributed by atoms with Crippen LogP contribution in [-0.2, 0) is 13.0 Å². The van der Waals surface area contributed by atoms with Gasteiger partial charge in [0.1, 0.15) is 0 Å². The van der Waals surface area contributed by atoms with Crippen molar-refractivity contribution in [2.24, 2.45) is 0 Å². The molecule has 0 bridgehead atoms. The van der Waals surface area contributed by atoms with E-state index in [-0.39, 0.29) is 0 Å². The van der Waals surface area contributed by atoms with Gasteiger partial charge in [-0.2, -0.15) is 0 Å². The smallest absolute Gasteiger partial charge is 0.0208 e. The van der Waals surface area contributed by atoms with Gasteiger partial charge in [-0.05, 0) is 30.5 Å². The molecule has 0 radical (unpaired) electrons. The number of hydrogen-bond acceptors (Lipinski definition) is 2. The highest BCUT2D eigenvalue weighted by Crippen LogP contribution is 2.07. The summed E-state index contributed by atoms with van der Waals surface area (Å²) in [7, 11) is 0. The van der Waals surface area contributed by atoms with Crippen LogP contribution in [0.3, 0.4) is 0 Å². The van der Waals surface area contributed by atoms with Crippen molar-refractivity contribution in [2.45, 2.75) is 38.8 Å². The van der Waals surface area contributed by atoms with Crippen molar-refractivity contribution in [3.63, 3.8) is 0 Å². The van der Waals surface area contributed by atoms with Crippen molar-refractivity contribution >= 4 is 0 Å². The van der Waals surface area contributed by atoms with Crippen LogP contribution in [0.2, 0.25) is 0 Å². The van der Waals surface area contributed by atoms with Crippen LogP contribution in [-0.4, -0.2) is 19.1 Å². The zero-order chi connectivity index (χ0) is 11.2. The minimum Gasteiger partial charge on any atom is -0.315 e. The highest BCUT2D eigenvalue weighted by atomic mass is 15.0. The van der Waals surface area contributed by atoms with E-state index in [1.54, 1.807) is 0 Å². The van der Waals surface area contributed by atoms with Crippen LogP contribution < -0.4 is 10.6 Å². The molecule has 1 atom stereocenters. The van der Waals surface area contributed by atoms with Crippen molar-refractivity contribution in [3.8, 4) is 0 Å². The Morgan fingerprint density at radius 2 is 2.00 bits per heavy atom. The van der Waals surface area contributed by atoms with Gasteiger partial charge in [0, 0.05) is 19.1 Å². The number of hydrogen-bond donors (Lipinski definition) is 2. The maximum absolute atomic E-state index is 3.59. The molecule has 1 aromatic rings. The van der Waals surface area contributed by atoms with E-state index in [1.165, 1.54) is 30.4 Å². The number of nitrogens with one attached hydrogen (secondary N) is 2. The Labute approximate surface area is 98.4 Å². The largest absolute Gasteiger partial charge is 0.315 e. The molecule has 88 valence electrons. The summed E-state index contributed by atoms with van der Waals surface area (Å²) in [6.45, 7) is 5.50. The fraction of sp³-hybridized carbons (Fsp3) is 0.571. The maximum atomic E-state index is 3.59. The Morgan fingerprint density at radius 1 is 1.25 bits per heavy atom. The number of aryl methyl sites for hydroxylation is 1. The number of rotatable bonds is 5.